The molecule has 2 N–H and O–H groups in total. The van der Waals surface area contributed by atoms with E-state index in [1.54, 1.807) is 0 Å². The van der Waals surface area contributed by atoms with Gasteiger partial charge in [0.15, 0.2) is 0 Å². The first-order chi connectivity index (χ1) is 7.00. The van der Waals surface area contributed by atoms with E-state index in [1.807, 2.05) is 0 Å². The van der Waals surface area contributed by atoms with E-state index in [0.717, 1.165) is 0 Å². The standard InChI is InChI=1S/C5H2F7N3O/c6-3(7,1-14-15-2(13)16-1)4(8,9)5(10,11)12/h(H2,13,15). The SMILES string of the molecule is Nc1nnc(C(F)(F)C(F)(F)C(F)(F)F)o1. The highest BCUT2D eigenvalue weighted by atomic mass is 19.4. The minimum atomic E-state index is -6.46. The summed E-state index contributed by atoms with van der Waals surface area (Å²) in [6, 6.07) is -1.05. The Kier molecular flexibility index (Phi) is 2.52. The van der Waals surface area contributed by atoms with E-state index in [1.165, 1.54) is 0 Å². The fourth-order valence-electron chi connectivity index (χ4n) is 0.674. The van der Waals surface area contributed by atoms with Gasteiger partial charge >= 0.3 is 24.0 Å². The molecule has 0 spiro atoms. The summed E-state index contributed by atoms with van der Waals surface area (Å²) in [6.07, 6.45) is -6.46. The monoisotopic (exact) mass is 253 g/mol. The molecule has 0 aromatic carbocycles. The van der Waals surface area contributed by atoms with Crippen LogP contribution >= 0.6 is 0 Å². The maximum atomic E-state index is 12.7. The summed E-state index contributed by atoms with van der Waals surface area (Å²) < 4.78 is 88.8. The normalized spacial score (nSPS) is 14.2. The second-order valence-electron chi connectivity index (χ2n) is 2.59. The lowest BCUT2D eigenvalue weighted by molar-refractivity contribution is -0.364. The molecule has 1 heterocycles. The van der Waals surface area contributed by atoms with Gasteiger partial charge in [0.2, 0.25) is 0 Å². The second kappa shape index (κ2) is 3.22. The van der Waals surface area contributed by atoms with Crippen molar-refractivity contribution in [1.29, 1.82) is 0 Å². The van der Waals surface area contributed by atoms with E-state index in [-0.39, 0.29) is 0 Å². The van der Waals surface area contributed by atoms with Crippen LogP contribution in [0.1, 0.15) is 5.89 Å². The first kappa shape index (κ1) is 12.5. The number of alkyl halides is 7. The number of rotatable bonds is 2. The summed E-state index contributed by atoms with van der Waals surface area (Å²) in [7, 11) is 0. The largest absolute Gasteiger partial charge is 0.460 e. The maximum Gasteiger partial charge on any atom is 0.460 e. The Bertz CT molecular complexity index is 384. The van der Waals surface area contributed by atoms with Gasteiger partial charge in [0.25, 0.3) is 5.89 Å². The molecular formula is C5H2F7N3O. The number of nitrogens with two attached hydrogens (primary N) is 1. The Morgan fingerprint density at radius 1 is 0.938 bits per heavy atom. The second-order valence-corrected chi connectivity index (χ2v) is 2.59. The topological polar surface area (TPSA) is 64.9 Å². The Balaban J connectivity index is 3.21. The number of halogens is 7. The van der Waals surface area contributed by atoms with E-state index >= 15 is 0 Å². The molecule has 1 rings (SSSR count). The van der Waals surface area contributed by atoms with E-state index in [0.29, 0.717) is 0 Å². The van der Waals surface area contributed by atoms with Gasteiger partial charge in [-0.2, -0.15) is 30.7 Å². The van der Waals surface area contributed by atoms with Crippen molar-refractivity contribution in [2.75, 3.05) is 5.73 Å². The third kappa shape index (κ3) is 1.65. The number of aromatic nitrogens is 2. The summed E-state index contributed by atoms with van der Waals surface area (Å²) in [4.78, 5) is 0. The van der Waals surface area contributed by atoms with Crippen molar-refractivity contribution in [3.63, 3.8) is 0 Å². The fraction of sp³-hybridized carbons (Fsp3) is 0.600. The zero-order chi connectivity index (χ0) is 12.8. The van der Waals surface area contributed by atoms with Crippen LogP contribution in [0, 0.1) is 0 Å². The molecule has 1 aromatic rings. The van der Waals surface area contributed by atoms with Gasteiger partial charge in [-0.3, -0.25) is 0 Å². The molecule has 0 fully saturated rings. The van der Waals surface area contributed by atoms with Crippen molar-refractivity contribution < 1.29 is 35.2 Å². The van der Waals surface area contributed by atoms with Crippen molar-refractivity contribution in [2.24, 2.45) is 0 Å². The minimum absolute atomic E-state index is 1.05. The van der Waals surface area contributed by atoms with Crippen LogP contribution < -0.4 is 5.73 Å². The van der Waals surface area contributed by atoms with Gasteiger partial charge < -0.3 is 10.2 Å². The maximum absolute atomic E-state index is 12.7. The molecular weight excluding hydrogens is 251 g/mol. The Morgan fingerprint density at radius 3 is 1.75 bits per heavy atom. The minimum Gasteiger partial charge on any atom is -0.402 e. The third-order valence-electron chi connectivity index (χ3n) is 1.46. The molecule has 0 aliphatic heterocycles. The van der Waals surface area contributed by atoms with Crippen LogP contribution in [0.25, 0.3) is 0 Å². The molecule has 92 valence electrons. The highest BCUT2D eigenvalue weighted by Crippen LogP contribution is 2.51. The van der Waals surface area contributed by atoms with Crippen LogP contribution in [0.15, 0.2) is 4.42 Å². The van der Waals surface area contributed by atoms with E-state index in [9.17, 15) is 30.7 Å². The molecule has 0 amide bonds. The van der Waals surface area contributed by atoms with Crippen LogP contribution in [0.2, 0.25) is 0 Å². The zero-order valence-corrected chi connectivity index (χ0v) is 7.03. The van der Waals surface area contributed by atoms with Crippen molar-refractivity contribution >= 4 is 6.01 Å². The molecule has 0 saturated heterocycles. The smallest absolute Gasteiger partial charge is 0.402 e. The summed E-state index contributed by atoms with van der Waals surface area (Å²) in [5, 5.41) is 4.85. The molecule has 0 atom stereocenters. The molecule has 16 heavy (non-hydrogen) atoms. The summed E-state index contributed by atoms with van der Waals surface area (Å²) in [5.41, 5.74) is 4.63. The van der Waals surface area contributed by atoms with Gasteiger partial charge in [-0.15, -0.1) is 5.10 Å². The van der Waals surface area contributed by atoms with Crippen molar-refractivity contribution in [2.45, 2.75) is 18.0 Å². The molecule has 0 unspecified atom stereocenters. The predicted octanol–water partition coefficient (Wildman–Crippen LogP) is 1.94. The Labute approximate surface area is 82.2 Å². The fourth-order valence-corrected chi connectivity index (χ4v) is 0.674. The lowest BCUT2D eigenvalue weighted by Crippen LogP contribution is -2.50. The van der Waals surface area contributed by atoms with Gasteiger partial charge in [0.1, 0.15) is 0 Å². The number of nitrogens with zero attached hydrogens (tertiary/aromatic N) is 2. The van der Waals surface area contributed by atoms with Gasteiger partial charge in [-0.1, -0.05) is 5.10 Å². The lowest BCUT2D eigenvalue weighted by atomic mass is 10.1. The van der Waals surface area contributed by atoms with E-state index in [4.69, 9.17) is 0 Å². The lowest BCUT2D eigenvalue weighted by Gasteiger charge is -2.25. The third-order valence-corrected chi connectivity index (χ3v) is 1.46. The number of anilines is 1. The van der Waals surface area contributed by atoms with Crippen LogP contribution in [0.4, 0.5) is 36.7 Å². The molecule has 0 radical (unpaired) electrons. The predicted molar refractivity (Wildman–Crippen MR) is 33.6 cm³/mol. The first-order valence-corrected chi connectivity index (χ1v) is 3.42. The van der Waals surface area contributed by atoms with E-state index in [2.05, 4.69) is 20.3 Å². The van der Waals surface area contributed by atoms with Crippen LogP contribution in [-0.4, -0.2) is 22.3 Å². The van der Waals surface area contributed by atoms with Gasteiger partial charge in [-0.25, -0.2) is 0 Å². The summed E-state index contributed by atoms with van der Waals surface area (Å²) >= 11 is 0. The van der Waals surface area contributed by atoms with Crippen molar-refractivity contribution in [1.82, 2.24) is 10.2 Å². The number of hydrogen-bond donors (Lipinski definition) is 1. The molecule has 0 saturated carbocycles. The molecule has 11 heteroatoms. The van der Waals surface area contributed by atoms with Crippen LogP contribution in [-0.2, 0) is 5.92 Å². The highest BCUT2D eigenvalue weighted by molar-refractivity contribution is 5.10. The number of nitrogen functional groups attached to an aromatic ring is 1. The summed E-state index contributed by atoms with van der Waals surface area (Å²) in [6.45, 7) is 0. The average Bonchev–Trinajstić information content (AvgIpc) is 2.49. The zero-order valence-electron chi connectivity index (χ0n) is 7.03. The molecule has 0 bridgehead atoms. The van der Waals surface area contributed by atoms with Gasteiger partial charge in [0.05, 0.1) is 0 Å². The van der Waals surface area contributed by atoms with Crippen LogP contribution in [0.5, 0.6) is 0 Å². The Hall–Kier alpha value is -1.55. The van der Waals surface area contributed by atoms with Crippen LogP contribution in [0.3, 0.4) is 0 Å². The number of hydrogen-bond acceptors (Lipinski definition) is 4. The summed E-state index contributed by atoms with van der Waals surface area (Å²) in [5.74, 6) is -14.2. The van der Waals surface area contributed by atoms with Crippen molar-refractivity contribution in [3.8, 4) is 0 Å². The first-order valence-electron chi connectivity index (χ1n) is 3.42. The Morgan fingerprint density at radius 2 is 1.44 bits per heavy atom. The van der Waals surface area contributed by atoms with Crippen molar-refractivity contribution in [3.05, 3.63) is 5.89 Å². The molecule has 0 aliphatic rings. The van der Waals surface area contributed by atoms with E-state index < -0.39 is 29.9 Å². The quantitative estimate of drug-likeness (QED) is 0.818. The van der Waals surface area contributed by atoms with Gasteiger partial charge in [-0.05, 0) is 0 Å². The molecule has 0 aliphatic carbocycles. The molecule has 4 nitrogen and oxygen atoms in total. The average molecular weight is 253 g/mol. The molecule has 1 aromatic heterocycles. The highest BCUT2D eigenvalue weighted by Gasteiger charge is 2.76. The van der Waals surface area contributed by atoms with Gasteiger partial charge in [0, 0.05) is 0 Å².